The van der Waals surface area contributed by atoms with Crippen molar-refractivity contribution in [3.8, 4) is 5.75 Å². The summed E-state index contributed by atoms with van der Waals surface area (Å²) in [4.78, 5) is 0. The van der Waals surface area contributed by atoms with Crippen molar-refractivity contribution in [2.24, 2.45) is 0 Å². The van der Waals surface area contributed by atoms with Crippen LogP contribution in [0.2, 0.25) is 0 Å². The van der Waals surface area contributed by atoms with Gasteiger partial charge in [-0.15, -0.1) is 0 Å². The SMILES string of the molecule is COc1ccc2c(c1)C(NC1C=CS(=O)(=O)C1)CC2. The summed E-state index contributed by atoms with van der Waals surface area (Å²) in [7, 11) is -1.34. The molecular formula is C14H17NO3S. The van der Waals surface area contributed by atoms with E-state index in [1.165, 1.54) is 16.5 Å². The first-order valence-corrected chi connectivity index (χ1v) is 8.13. The highest BCUT2D eigenvalue weighted by atomic mass is 32.2. The Kier molecular flexibility index (Phi) is 3.11. The quantitative estimate of drug-likeness (QED) is 0.913. The van der Waals surface area contributed by atoms with Crippen LogP contribution in [0, 0.1) is 0 Å². The third-order valence-corrected chi connectivity index (χ3v) is 5.17. The number of rotatable bonds is 3. The van der Waals surface area contributed by atoms with Crippen LogP contribution in [0.3, 0.4) is 0 Å². The molecule has 0 radical (unpaired) electrons. The van der Waals surface area contributed by atoms with Crippen molar-refractivity contribution >= 4 is 9.84 Å². The zero-order valence-electron chi connectivity index (χ0n) is 10.8. The summed E-state index contributed by atoms with van der Waals surface area (Å²) >= 11 is 0. The fourth-order valence-corrected chi connectivity index (χ4v) is 4.07. The van der Waals surface area contributed by atoms with Crippen molar-refractivity contribution in [1.29, 1.82) is 0 Å². The molecule has 5 heteroatoms. The van der Waals surface area contributed by atoms with Crippen molar-refractivity contribution in [3.63, 3.8) is 0 Å². The number of fused-ring (bicyclic) bond motifs is 1. The second-order valence-corrected chi connectivity index (χ2v) is 7.02. The van der Waals surface area contributed by atoms with Crippen LogP contribution in [0.15, 0.2) is 29.7 Å². The molecule has 0 aromatic heterocycles. The maximum atomic E-state index is 11.4. The first kappa shape index (κ1) is 12.7. The fraction of sp³-hybridized carbons (Fsp3) is 0.429. The third-order valence-electron chi connectivity index (χ3n) is 3.78. The number of hydrogen-bond donors (Lipinski definition) is 1. The van der Waals surface area contributed by atoms with Gasteiger partial charge in [-0.05, 0) is 36.1 Å². The van der Waals surface area contributed by atoms with Crippen molar-refractivity contribution in [2.75, 3.05) is 12.9 Å². The molecule has 19 heavy (non-hydrogen) atoms. The summed E-state index contributed by atoms with van der Waals surface area (Å²) in [5, 5.41) is 4.73. The van der Waals surface area contributed by atoms with E-state index in [4.69, 9.17) is 4.74 Å². The molecule has 0 bridgehead atoms. The van der Waals surface area contributed by atoms with E-state index in [0.717, 1.165) is 18.6 Å². The summed E-state index contributed by atoms with van der Waals surface area (Å²) < 4.78 is 28.1. The van der Waals surface area contributed by atoms with Gasteiger partial charge in [0.1, 0.15) is 5.75 Å². The Labute approximate surface area is 113 Å². The molecule has 1 aliphatic heterocycles. The highest BCUT2D eigenvalue weighted by molar-refractivity contribution is 7.94. The highest BCUT2D eigenvalue weighted by Gasteiger charge is 2.28. The first-order valence-electron chi connectivity index (χ1n) is 6.41. The number of ether oxygens (including phenoxy) is 1. The average molecular weight is 279 g/mol. The molecule has 1 aliphatic carbocycles. The topological polar surface area (TPSA) is 55.4 Å². The molecule has 0 fully saturated rings. The Morgan fingerprint density at radius 1 is 1.37 bits per heavy atom. The maximum absolute atomic E-state index is 11.4. The van der Waals surface area contributed by atoms with Gasteiger partial charge in [-0.3, -0.25) is 0 Å². The van der Waals surface area contributed by atoms with Gasteiger partial charge < -0.3 is 10.1 Å². The van der Waals surface area contributed by atoms with Gasteiger partial charge >= 0.3 is 0 Å². The zero-order chi connectivity index (χ0) is 13.5. The number of benzene rings is 1. The Hall–Kier alpha value is -1.33. The zero-order valence-corrected chi connectivity index (χ0v) is 11.6. The van der Waals surface area contributed by atoms with Crippen molar-refractivity contribution in [3.05, 3.63) is 40.8 Å². The van der Waals surface area contributed by atoms with Crippen LogP contribution < -0.4 is 10.1 Å². The minimum atomic E-state index is -3.00. The number of aryl methyl sites for hydroxylation is 1. The fourth-order valence-electron chi connectivity index (χ4n) is 2.82. The van der Waals surface area contributed by atoms with Crippen LogP contribution in [0.25, 0.3) is 0 Å². The Balaban J connectivity index is 1.77. The molecule has 1 aromatic carbocycles. The number of sulfone groups is 1. The van der Waals surface area contributed by atoms with Crippen LogP contribution >= 0.6 is 0 Å². The monoisotopic (exact) mass is 279 g/mol. The Morgan fingerprint density at radius 2 is 2.21 bits per heavy atom. The van der Waals surface area contributed by atoms with Crippen LogP contribution in [0.1, 0.15) is 23.6 Å². The lowest BCUT2D eigenvalue weighted by atomic mass is 10.1. The Bertz CT molecular complexity index is 622. The minimum absolute atomic E-state index is 0.0767. The minimum Gasteiger partial charge on any atom is -0.497 e. The molecule has 1 N–H and O–H groups in total. The van der Waals surface area contributed by atoms with Gasteiger partial charge in [-0.25, -0.2) is 8.42 Å². The molecule has 2 unspecified atom stereocenters. The predicted molar refractivity (Wildman–Crippen MR) is 73.9 cm³/mol. The molecule has 1 aromatic rings. The van der Waals surface area contributed by atoms with Gasteiger partial charge in [0.05, 0.1) is 12.9 Å². The summed E-state index contributed by atoms with van der Waals surface area (Å²) in [6.45, 7) is 0. The molecule has 3 rings (SSSR count). The molecule has 0 spiro atoms. The van der Waals surface area contributed by atoms with Gasteiger partial charge in [0, 0.05) is 17.5 Å². The van der Waals surface area contributed by atoms with E-state index in [1.54, 1.807) is 13.2 Å². The highest BCUT2D eigenvalue weighted by Crippen LogP contribution is 2.34. The van der Waals surface area contributed by atoms with Crippen molar-refractivity contribution < 1.29 is 13.2 Å². The summed E-state index contributed by atoms with van der Waals surface area (Å²) in [6.07, 6.45) is 3.78. The lowest BCUT2D eigenvalue weighted by Gasteiger charge is -2.18. The second-order valence-electron chi connectivity index (χ2n) is 5.09. The van der Waals surface area contributed by atoms with E-state index >= 15 is 0 Å². The molecule has 2 atom stereocenters. The molecular weight excluding hydrogens is 262 g/mol. The second kappa shape index (κ2) is 4.65. The molecule has 4 nitrogen and oxygen atoms in total. The molecule has 1 heterocycles. The average Bonchev–Trinajstić information content (AvgIpc) is 2.93. The summed E-state index contributed by atoms with van der Waals surface area (Å²) in [5.41, 5.74) is 2.56. The smallest absolute Gasteiger partial charge is 0.173 e. The maximum Gasteiger partial charge on any atom is 0.173 e. The van der Waals surface area contributed by atoms with E-state index in [-0.39, 0.29) is 17.8 Å². The van der Waals surface area contributed by atoms with Crippen LogP contribution in [-0.4, -0.2) is 27.3 Å². The van der Waals surface area contributed by atoms with E-state index in [9.17, 15) is 8.42 Å². The predicted octanol–water partition coefficient (Wildman–Crippen LogP) is 1.58. The first-order chi connectivity index (χ1) is 9.07. The van der Waals surface area contributed by atoms with Gasteiger partial charge in [0.2, 0.25) is 0 Å². The largest absolute Gasteiger partial charge is 0.497 e. The Morgan fingerprint density at radius 3 is 2.89 bits per heavy atom. The summed E-state index contributed by atoms with van der Waals surface area (Å²) in [5.74, 6) is 1.02. The van der Waals surface area contributed by atoms with E-state index in [1.807, 2.05) is 12.1 Å². The third kappa shape index (κ3) is 2.53. The molecule has 102 valence electrons. The van der Waals surface area contributed by atoms with Gasteiger partial charge in [-0.2, -0.15) is 0 Å². The van der Waals surface area contributed by atoms with Crippen molar-refractivity contribution in [2.45, 2.75) is 24.9 Å². The van der Waals surface area contributed by atoms with E-state index < -0.39 is 9.84 Å². The molecule has 2 aliphatic rings. The number of methoxy groups -OCH3 is 1. The summed E-state index contributed by atoms with van der Waals surface area (Å²) in [6, 6.07) is 6.26. The van der Waals surface area contributed by atoms with Crippen LogP contribution in [0.4, 0.5) is 0 Å². The molecule has 0 amide bonds. The van der Waals surface area contributed by atoms with Gasteiger partial charge in [0.25, 0.3) is 0 Å². The number of hydrogen-bond acceptors (Lipinski definition) is 4. The van der Waals surface area contributed by atoms with Crippen LogP contribution in [0.5, 0.6) is 5.75 Å². The molecule has 0 saturated carbocycles. The molecule has 0 saturated heterocycles. The van der Waals surface area contributed by atoms with Gasteiger partial charge in [0.15, 0.2) is 9.84 Å². The normalized spacial score (nSPS) is 27.4. The van der Waals surface area contributed by atoms with Gasteiger partial charge in [-0.1, -0.05) is 12.1 Å². The lowest BCUT2D eigenvalue weighted by Crippen LogP contribution is -2.32. The van der Waals surface area contributed by atoms with E-state index in [2.05, 4.69) is 11.4 Å². The van der Waals surface area contributed by atoms with Crippen molar-refractivity contribution in [1.82, 2.24) is 5.32 Å². The van der Waals surface area contributed by atoms with E-state index in [0.29, 0.717) is 0 Å². The standard InChI is InChI=1S/C14H17NO3S/c1-18-12-4-2-10-3-5-14(13(10)8-12)15-11-6-7-19(16,17)9-11/h2,4,6-8,11,14-15H,3,5,9H2,1H3. The lowest BCUT2D eigenvalue weighted by molar-refractivity contribution is 0.413. The van der Waals surface area contributed by atoms with Crippen LogP contribution in [-0.2, 0) is 16.3 Å². The number of nitrogens with one attached hydrogen (secondary N) is 1.